The molecule has 0 amide bonds. The number of H-pyrrole nitrogens is 1. The molecule has 7 heteroatoms. The maximum absolute atomic E-state index is 13.5. The number of nitrogens with one attached hydrogen (secondary N) is 2. The molecule has 1 fully saturated rings. The maximum Gasteiger partial charge on any atom is 0.198 e. The van der Waals surface area contributed by atoms with Gasteiger partial charge >= 0.3 is 0 Å². The van der Waals surface area contributed by atoms with Crippen molar-refractivity contribution in [2.75, 3.05) is 20.3 Å². The molecule has 0 bridgehead atoms. The highest BCUT2D eigenvalue weighted by molar-refractivity contribution is 6.15. The number of carbonyl (C=O) groups excluding carboxylic acids is 2. The van der Waals surface area contributed by atoms with Crippen molar-refractivity contribution in [1.82, 2.24) is 4.98 Å². The highest BCUT2D eigenvalue weighted by Gasteiger charge is 2.31. The fourth-order valence-corrected chi connectivity index (χ4v) is 4.32. The number of carbonyl (C=O) groups is 2. The van der Waals surface area contributed by atoms with Crippen molar-refractivity contribution in [3.05, 3.63) is 70.9 Å². The van der Waals surface area contributed by atoms with Gasteiger partial charge in [-0.15, -0.1) is 0 Å². The van der Waals surface area contributed by atoms with Crippen molar-refractivity contribution in [2.45, 2.75) is 26.4 Å². The monoisotopic (exact) mass is 448 g/mol. The van der Waals surface area contributed by atoms with E-state index in [4.69, 9.17) is 19.3 Å². The quantitative estimate of drug-likeness (QED) is 0.360. The van der Waals surface area contributed by atoms with E-state index in [0.717, 1.165) is 24.0 Å². The van der Waals surface area contributed by atoms with Crippen LogP contribution < -0.4 is 0 Å². The first-order chi connectivity index (χ1) is 16.0. The van der Waals surface area contributed by atoms with Crippen LogP contribution in [-0.2, 0) is 16.1 Å². The lowest BCUT2D eigenvalue weighted by molar-refractivity contribution is 0.0525. The third-order valence-electron chi connectivity index (χ3n) is 6.20. The molecule has 2 N–H and O–H groups in total. The van der Waals surface area contributed by atoms with E-state index in [2.05, 4.69) is 4.98 Å². The first-order valence-corrected chi connectivity index (χ1v) is 11.1. The topological polar surface area (TPSA) is 105 Å². The lowest BCUT2D eigenvalue weighted by atomic mass is 9.83. The molecule has 172 valence electrons. The average molecular weight is 449 g/mol. The second-order valence-corrected chi connectivity index (χ2v) is 8.38. The Balaban J connectivity index is 1.64. The standard InChI is InChI=1S/C26H28N2O5/c1-16-3-5-17(6-4-16)21-14-33-23(15-31-2)24(21)25(29)19-11-22(28-13-19)26(30)20(12-27)18-7-9-32-10-8-18/h3-6,11-14,18,20,27-28H,7-10,15H2,1-2H3. The Hall–Kier alpha value is -3.29. The Bertz CT molecular complexity index is 1140. The van der Waals surface area contributed by atoms with Gasteiger partial charge in [-0.2, -0.15) is 0 Å². The highest BCUT2D eigenvalue weighted by atomic mass is 16.5. The van der Waals surface area contributed by atoms with Crippen molar-refractivity contribution < 1.29 is 23.5 Å². The zero-order valence-electron chi connectivity index (χ0n) is 18.9. The zero-order valence-corrected chi connectivity index (χ0v) is 18.9. The minimum Gasteiger partial charge on any atom is -0.465 e. The summed E-state index contributed by atoms with van der Waals surface area (Å²) in [5, 5.41) is 7.80. The molecule has 1 aliphatic rings. The second kappa shape index (κ2) is 10.1. The summed E-state index contributed by atoms with van der Waals surface area (Å²) in [5.74, 6) is -0.456. The van der Waals surface area contributed by atoms with E-state index in [1.165, 1.54) is 6.21 Å². The van der Waals surface area contributed by atoms with Crippen LogP contribution >= 0.6 is 0 Å². The van der Waals surface area contributed by atoms with E-state index in [1.807, 2.05) is 31.2 Å². The van der Waals surface area contributed by atoms with Crippen molar-refractivity contribution in [3.8, 4) is 11.1 Å². The van der Waals surface area contributed by atoms with Crippen LogP contribution in [0.4, 0.5) is 0 Å². The lowest BCUT2D eigenvalue weighted by Gasteiger charge is -2.26. The summed E-state index contributed by atoms with van der Waals surface area (Å²) in [5.41, 5.74) is 3.78. The van der Waals surface area contributed by atoms with Crippen LogP contribution in [0.15, 0.2) is 47.2 Å². The average Bonchev–Trinajstić information content (AvgIpc) is 3.49. The number of methoxy groups -OCH3 is 1. The number of aryl methyl sites for hydroxylation is 1. The number of rotatable bonds is 9. The van der Waals surface area contributed by atoms with Gasteiger partial charge in [-0.25, -0.2) is 0 Å². The Kier molecular flexibility index (Phi) is 7.01. The molecule has 4 rings (SSSR count). The first-order valence-electron chi connectivity index (χ1n) is 11.1. The van der Waals surface area contributed by atoms with Crippen LogP contribution in [0.2, 0.25) is 0 Å². The molecule has 0 spiro atoms. The van der Waals surface area contributed by atoms with Crippen LogP contribution in [0.3, 0.4) is 0 Å². The summed E-state index contributed by atoms with van der Waals surface area (Å²) in [4.78, 5) is 29.6. The van der Waals surface area contributed by atoms with Crippen molar-refractivity contribution >= 4 is 17.8 Å². The third kappa shape index (κ3) is 4.74. The predicted octanol–water partition coefficient (Wildman–Crippen LogP) is 4.84. The van der Waals surface area contributed by atoms with Crippen LogP contribution in [0.25, 0.3) is 11.1 Å². The smallest absolute Gasteiger partial charge is 0.198 e. The summed E-state index contributed by atoms with van der Waals surface area (Å²) in [6, 6.07) is 9.42. The van der Waals surface area contributed by atoms with Gasteiger partial charge in [-0.3, -0.25) is 9.59 Å². The SMILES string of the molecule is COCc1occ(-c2ccc(C)cc2)c1C(=O)c1c[nH]c(C(=O)C(C=N)C2CCOCC2)c1. The number of hydrogen-bond acceptors (Lipinski definition) is 6. The number of aromatic nitrogens is 1. The van der Waals surface area contributed by atoms with Crippen LogP contribution in [0.1, 0.15) is 50.6 Å². The summed E-state index contributed by atoms with van der Waals surface area (Å²) in [6.07, 6.45) is 5.81. The summed E-state index contributed by atoms with van der Waals surface area (Å²) in [7, 11) is 1.54. The lowest BCUT2D eigenvalue weighted by Crippen LogP contribution is -2.30. The third-order valence-corrected chi connectivity index (χ3v) is 6.20. The summed E-state index contributed by atoms with van der Waals surface area (Å²) in [6.45, 7) is 3.35. The number of benzene rings is 1. The largest absolute Gasteiger partial charge is 0.465 e. The zero-order chi connectivity index (χ0) is 23.4. The molecule has 1 unspecified atom stereocenters. The number of ether oxygens (including phenoxy) is 2. The summed E-state index contributed by atoms with van der Waals surface area (Å²) >= 11 is 0. The first kappa shape index (κ1) is 22.9. The minimum atomic E-state index is -0.531. The predicted molar refractivity (Wildman–Crippen MR) is 124 cm³/mol. The number of hydrogen-bond donors (Lipinski definition) is 2. The molecule has 2 aromatic heterocycles. The van der Waals surface area contributed by atoms with Gasteiger partial charge < -0.3 is 24.3 Å². The molecule has 0 saturated carbocycles. The fourth-order valence-electron chi connectivity index (χ4n) is 4.32. The number of aromatic amines is 1. The summed E-state index contributed by atoms with van der Waals surface area (Å²) < 4.78 is 16.3. The molecule has 33 heavy (non-hydrogen) atoms. The normalized spacial score (nSPS) is 15.3. The molecule has 7 nitrogen and oxygen atoms in total. The molecule has 0 radical (unpaired) electrons. The van der Waals surface area contributed by atoms with E-state index in [-0.39, 0.29) is 24.1 Å². The van der Waals surface area contributed by atoms with E-state index in [9.17, 15) is 9.59 Å². The highest BCUT2D eigenvalue weighted by Crippen LogP contribution is 2.32. The second-order valence-electron chi connectivity index (χ2n) is 8.38. The minimum absolute atomic E-state index is 0.0709. The van der Waals surface area contributed by atoms with E-state index in [0.29, 0.717) is 41.4 Å². The van der Waals surface area contributed by atoms with Gasteiger partial charge in [0.2, 0.25) is 0 Å². The molecule has 3 heterocycles. The van der Waals surface area contributed by atoms with Gasteiger partial charge in [0.1, 0.15) is 12.4 Å². The van der Waals surface area contributed by atoms with E-state index in [1.54, 1.807) is 25.6 Å². The van der Waals surface area contributed by atoms with Crippen molar-refractivity contribution in [2.24, 2.45) is 11.8 Å². The van der Waals surface area contributed by atoms with Gasteiger partial charge in [0.15, 0.2) is 11.6 Å². The number of ketones is 2. The van der Waals surface area contributed by atoms with E-state index >= 15 is 0 Å². The number of furan rings is 1. The maximum atomic E-state index is 13.5. The molecule has 0 aliphatic carbocycles. The van der Waals surface area contributed by atoms with Gasteiger partial charge in [0.05, 0.1) is 23.4 Å². The van der Waals surface area contributed by atoms with Crippen molar-refractivity contribution in [3.63, 3.8) is 0 Å². The Labute approximate surface area is 192 Å². The Morgan fingerprint density at radius 3 is 2.64 bits per heavy atom. The van der Waals surface area contributed by atoms with Crippen molar-refractivity contribution in [1.29, 1.82) is 5.41 Å². The van der Waals surface area contributed by atoms with Gasteiger partial charge in [0, 0.05) is 43.9 Å². The van der Waals surface area contributed by atoms with Gasteiger partial charge in [-0.05, 0) is 37.3 Å². The van der Waals surface area contributed by atoms with Crippen LogP contribution in [0.5, 0.6) is 0 Å². The van der Waals surface area contributed by atoms with Crippen LogP contribution in [0, 0.1) is 24.2 Å². The van der Waals surface area contributed by atoms with Gasteiger partial charge in [0.25, 0.3) is 0 Å². The Morgan fingerprint density at radius 2 is 1.97 bits per heavy atom. The van der Waals surface area contributed by atoms with E-state index < -0.39 is 5.92 Å². The molecule has 1 aromatic carbocycles. The van der Waals surface area contributed by atoms with Gasteiger partial charge in [-0.1, -0.05) is 29.8 Å². The molecule has 1 aliphatic heterocycles. The molecular weight excluding hydrogens is 420 g/mol. The Morgan fingerprint density at radius 1 is 1.24 bits per heavy atom. The molecule has 1 atom stereocenters. The fraction of sp³-hybridized carbons (Fsp3) is 0.346. The molecule has 3 aromatic rings. The molecular formula is C26H28N2O5. The van der Waals surface area contributed by atoms with Crippen LogP contribution in [-0.4, -0.2) is 43.1 Å². The number of Topliss-reactive ketones (excluding diaryl/α,β-unsaturated/α-hetero) is 1. The molecule has 1 saturated heterocycles.